The Morgan fingerprint density at radius 2 is 1.83 bits per heavy atom. The molecule has 1 amide bonds. The van der Waals surface area contributed by atoms with Crippen LogP contribution in [0.25, 0.3) is 11.3 Å². The third-order valence-corrected chi connectivity index (χ3v) is 3.68. The Morgan fingerprint density at radius 1 is 1.13 bits per heavy atom. The second kappa shape index (κ2) is 6.64. The minimum atomic E-state index is -0.603. The summed E-state index contributed by atoms with van der Waals surface area (Å²) in [7, 11) is 0. The zero-order valence-corrected chi connectivity index (χ0v) is 12.9. The summed E-state index contributed by atoms with van der Waals surface area (Å²) in [6.45, 7) is 0.428. The summed E-state index contributed by atoms with van der Waals surface area (Å²) < 4.78 is 1.56. The summed E-state index contributed by atoms with van der Waals surface area (Å²) >= 11 is 5.89. The van der Waals surface area contributed by atoms with Crippen LogP contribution in [0.1, 0.15) is 16.1 Å². The van der Waals surface area contributed by atoms with E-state index in [2.05, 4.69) is 5.10 Å². The molecule has 0 atom stereocenters. The Kier molecular flexibility index (Phi) is 4.41. The quantitative estimate of drug-likeness (QED) is 0.570. The molecule has 2 N–H and O–H groups in total. The summed E-state index contributed by atoms with van der Waals surface area (Å²) in [4.78, 5) is 11.9. The molecule has 0 aliphatic heterocycles. The number of carbonyl (C=O) groups is 1. The van der Waals surface area contributed by atoms with Crippen molar-refractivity contribution in [2.75, 3.05) is 0 Å². The van der Waals surface area contributed by atoms with Gasteiger partial charge in [0.1, 0.15) is 5.69 Å². The third-order valence-electron chi connectivity index (χ3n) is 3.43. The first-order valence-corrected chi connectivity index (χ1v) is 7.37. The first-order chi connectivity index (χ1) is 11.2. The van der Waals surface area contributed by atoms with Crippen LogP contribution >= 0.6 is 11.6 Å². The lowest BCUT2D eigenvalue weighted by molar-refractivity contribution is 0.0695. The largest absolute Gasteiger partial charge is 0.292 e. The summed E-state index contributed by atoms with van der Waals surface area (Å²) in [5.74, 6) is -0.603. The fourth-order valence-corrected chi connectivity index (χ4v) is 2.42. The van der Waals surface area contributed by atoms with E-state index in [-0.39, 0.29) is 5.69 Å². The van der Waals surface area contributed by atoms with Gasteiger partial charge in [0.25, 0.3) is 5.91 Å². The maximum Gasteiger partial charge on any atom is 0.292 e. The van der Waals surface area contributed by atoms with E-state index < -0.39 is 5.91 Å². The minimum absolute atomic E-state index is 0.279. The van der Waals surface area contributed by atoms with Gasteiger partial charge in [0.05, 0.1) is 12.2 Å². The highest BCUT2D eigenvalue weighted by atomic mass is 35.5. The molecule has 6 heteroatoms. The van der Waals surface area contributed by atoms with Crippen molar-refractivity contribution in [3.8, 4) is 11.3 Å². The van der Waals surface area contributed by atoms with Crippen LogP contribution in [-0.4, -0.2) is 20.9 Å². The molecule has 2 aromatic carbocycles. The van der Waals surface area contributed by atoms with E-state index in [4.69, 9.17) is 16.8 Å². The molecule has 0 aliphatic rings. The maximum absolute atomic E-state index is 11.9. The molecule has 23 heavy (non-hydrogen) atoms. The molecule has 5 nitrogen and oxygen atoms in total. The minimum Gasteiger partial charge on any atom is -0.288 e. The molecular weight excluding hydrogens is 314 g/mol. The van der Waals surface area contributed by atoms with Crippen molar-refractivity contribution < 1.29 is 10.0 Å². The molecule has 0 spiro atoms. The van der Waals surface area contributed by atoms with Crippen LogP contribution in [0, 0.1) is 0 Å². The van der Waals surface area contributed by atoms with E-state index in [1.807, 2.05) is 42.5 Å². The molecule has 0 radical (unpaired) electrons. The fourth-order valence-electron chi connectivity index (χ4n) is 2.30. The van der Waals surface area contributed by atoms with Crippen molar-refractivity contribution in [2.24, 2.45) is 0 Å². The second-order valence-corrected chi connectivity index (χ2v) is 5.44. The Hall–Kier alpha value is -2.63. The number of amides is 1. The Bertz CT molecular complexity index is 814. The van der Waals surface area contributed by atoms with E-state index in [1.165, 1.54) is 0 Å². The van der Waals surface area contributed by atoms with Gasteiger partial charge in [0.2, 0.25) is 0 Å². The number of rotatable bonds is 4. The number of hydroxylamine groups is 1. The van der Waals surface area contributed by atoms with Gasteiger partial charge in [-0.1, -0.05) is 54.1 Å². The van der Waals surface area contributed by atoms with Crippen molar-refractivity contribution in [1.29, 1.82) is 0 Å². The van der Waals surface area contributed by atoms with Gasteiger partial charge in [0, 0.05) is 10.6 Å². The zero-order chi connectivity index (χ0) is 16.2. The molecular formula is C17H14ClN3O2. The monoisotopic (exact) mass is 327 g/mol. The Morgan fingerprint density at radius 3 is 2.48 bits per heavy atom. The van der Waals surface area contributed by atoms with E-state index in [1.54, 1.807) is 28.4 Å². The zero-order valence-electron chi connectivity index (χ0n) is 12.1. The number of halogens is 1. The van der Waals surface area contributed by atoms with Crippen LogP contribution < -0.4 is 5.48 Å². The number of nitrogens with zero attached hydrogens (tertiary/aromatic N) is 2. The van der Waals surface area contributed by atoms with Crippen molar-refractivity contribution in [1.82, 2.24) is 15.3 Å². The molecule has 0 bridgehead atoms. The van der Waals surface area contributed by atoms with Crippen molar-refractivity contribution >= 4 is 17.5 Å². The molecule has 0 fully saturated rings. The van der Waals surface area contributed by atoms with Gasteiger partial charge in [-0.2, -0.15) is 5.10 Å². The number of nitrogens with one attached hydrogen (secondary N) is 1. The van der Waals surface area contributed by atoms with E-state index in [0.717, 1.165) is 11.1 Å². The SMILES string of the molecule is O=C(NO)c1cc(-c2ccc(Cl)cc2)nn1Cc1ccccc1. The average Bonchev–Trinajstić information content (AvgIpc) is 2.99. The first-order valence-electron chi connectivity index (χ1n) is 6.99. The summed E-state index contributed by atoms with van der Waals surface area (Å²) in [5.41, 5.74) is 4.42. The topological polar surface area (TPSA) is 67.2 Å². The van der Waals surface area contributed by atoms with Gasteiger partial charge < -0.3 is 0 Å². The smallest absolute Gasteiger partial charge is 0.288 e. The highest BCUT2D eigenvalue weighted by molar-refractivity contribution is 6.30. The number of carbonyl (C=O) groups excluding carboxylic acids is 1. The standard InChI is InChI=1S/C17H14ClN3O2/c18-14-8-6-13(7-9-14)15-10-16(17(22)20-23)21(19-15)11-12-4-2-1-3-5-12/h1-10,23H,11H2,(H,20,22). The van der Waals surface area contributed by atoms with Crippen LogP contribution in [0.5, 0.6) is 0 Å². The lowest BCUT2D eigenvalue weighted by atomic mass is 10.1. The number of hydrogen-bond acceptors (Lipinski definition) is 3. The van der Waals surface area contributed by atoms with Crippen LogP contribution in [0.15, 0.2) is 60.7 Å². The van der Waals surface area contributed by atoms with Crippen LogP contribution in [0.4, 0.5) is 0 Å². The summed E-state index contributed by atoms with van der Waals surface area (Å²) in [6.07, 6.45) is 0. The molecule has 0 saturated carbocycles. The van der Waals surface area contributed by atoms with Crippen LogP contribution in [-0.2, 0) is 6.54 Å². The average molecular weight is 328 g/mol. The normalized spacial score (nSPS) is 10.5. The van der Waals surface area contributed by atoms with E-state index >= 15 is 0 Å². The van der Waals surface area contributed by atoms with Crippen molar-refractivity contribution in [3.05, 3.63) is 76.9 Å². The fraction of sp³-hybridized carbons (Fsp3) is 0.0588. The Balaban J connectivity index is 2.00. The molecule has 1 aromatic heterocycles. The number of hydrogen-bond donors (Lipinski definition) is 2. The Labute approximate surface area is 138 Å². The van der Waals surface area contributed by atoms with Gasteiger partial charge >= 0.3 is 0 Å². The van der Waals surface area contributed by atoms with Gasteiger partial charge in [0.15, 0.2) is 0 Å². The van der Waals surface area contributed by atoms with Crippen molar-refractivity contribution in [3.63, 3.8) is 0 Å². The predicted octanol–water partition coefficient (Wildman–Crippen LogP) is 3.37. The van der Waals surface area contributed by atoms with Crippen LogP contribution in [0.2, 0.25) is 5.02 Å². The third kappa shape index (κ3) is 3.41. The van der Waals surface area contributed by atoms with Gasteiger partial charge in [-0.25, -0.2) is 5.48 Å². The molecule has 1 heterocycles. The number of benzene rings is 2. The molecule has 0 aliphatic carbocycles. The second-order valence-electron chi connectivity index (χ2n) is 5.01. The van der Waals surface area contributed by atoms with Gasteiger partial charge in [-0.05, 0) is 23.8 Å². The molecule has 3 aromatic rings. The molecule has 3 rings (SSSR count). The highest BCUT2D eigenvalue weighted by Crippen LogP contribution is 2.22. The van der Waals surface area contributed by atoms with Crippen LogP contribution in [0.3, 0.4) is 0 Å². The van der Waals surface area contributed by atoms with Crippen molar-refractivity contribution in [2.45, 2.75) is 6.54 Å². The van der Waals surface area contributed by atoms with Gasteiger partial charge in [-0.3, -0.25) is 14.7 Å². The molecule has 0 unspecified atom stereocenters. The highest BCUT2D eigenvalue weighted by Gasteiger charge is 2.16. The maximum atomic E-state index is 11.9. The predicted molar refractivity (Wildman–Crippen MR) is 87.5 cm³/mol. The van der Waals surface area contributed by atoms with E-state index in [9.17, 15) is 4.79 Å². The summed E-state index contributed by atoms with van der Waals surface area (Å²) in [5, 5.41) is 14.0. The molecule has 0 saturated heterocycles. The number of aromatic nitrogens is 2. The van der Waals surface area contributed by atoms with E-state index in [0.29, 0.717) is 17.3 Å². The molecule has 116 valence electrons. The summed E-state index contributed by atoms with van der Waals surface area (Å²) in [6, 6.07) is 18.5. The lowest BCUT2D eigenvalue weighted by Gasteiger charge is -2.05. The van der Waals surface area contributed by atoms with Gasteiger partial charge in [-0.15, -0.1) is 0 Å². The lowest BCUT2D eigenvalue weighted by Crippen LogP contribution is -2.23. The first kappa shape index (κ1) is 15.3.